The third-order valence-electron chi connectivity index (χ3n) is 5.46. The minimum absolute atomic E-state index is 0.0518. The number of hydrogen-bond acceptors (Lipinski definition) is 2. The van der Waals surface area contributed by atoms with Crippen molar-refractivity contribution in [3.63, 3.8) is 0 Å². The van der Waals surface area contributed by atoms with Crippen molar-refractivity contribution in [1.29, 1.82) is 0 Å². The van der Waals surface area contributed by atoms with Crippen LogP contribution in [0.25, 0.3) is 0 Å². The van der Waals surface area contributed by atoms with Crippen molar-refractivity contribution in [2.24, 2.45) is 11.8 Å². The van der Waals surface area contributed by atoms with Gasteiger partial charge in [0.25, 0.3) is 0 Å². The molecule has 2 fully saturated rings. The molecule has 4 unspecified atom stereocenters. The van der Waals surface area contributed by atoms with E-state index in [0.29, 0.717) is 6.04 Å². The molecule has 0 saturated heterocycles. The highest BCUT2D eigenvalue weighted by Gasteiger charge is 2.40. The minimum Gasteiger partial charge on any atom is -0.352 e. The topological polar surface area (TPSA) is 41.1 Å². The summed E-state index contributed by atoms with van der Waals surface area (Å²) in [5, 5.41) is 6.69. The highest BCUT2D eigenvalue weighted by Crippen LogP contribution is 2.44. The van der Waals surface area contributed by atoms with E-state index in [1.165, 1.54) is 36.8 Å². The third-order valence-corrected chi connectivity index (χ3v) is 5.46. The lowest BCUT2D eigenvalue weighted by Gasteiger charge is -2.29. The van der Waals surface area contributed by atoms with Gasteiger partial charge in [-0.2, -0.15) is 0 Å². The van der Waals surface area contributed by atoms with E-state index in [1.807, 2.05) is 0 Å². The molecule has 2 N–H and O–H groups in total. The first kappa shape index (κ1) is 12.4. The Bertz CT molecular complexity index is 527. The molecule has 1 heterocycles. The summed E-state index contributed by atoms with van der Waals surface area (Å²) in [7, 11) is 0. The van der Waals surface area contributed by atoms with Crippen molar-refractivity contribution in [2.45, 2.75) is 50.7 Å². The van der Waals surface area contributed by atoms with E-state index in [4.69, 9.17) is 0 Å². The first-order chi connectivity index (χ1) is 9.79. The summed E-state index contributed by atoms with van der Waals surface area (Å²) < 4.78 is 0. The van der Waals surface area contributed by atoms with Crippen molar-refractivity contribution in [2.75, 3.05) is 0 Å². The van der Waals surface area contributed by atoms with Gasteiger partial charge in [0.2, 0.25) is 5.91 Å². The van der Waals surface area contributed by atoms with E-state index in [1.54, 1.807) is 0 Å². The standard InChI is InChI=1S/C17H22N2O/c20-17(19-15-8-11-5-6-13(15)7-11)16-9-12-3-1-2-4-14(12)10-18-16/h1-4,11,13,15-16,18H,5-10H2,(H,19,20). The Morgan fingerprint density at radius 2 is 2.00 bits per heavy atom. The number of hydrogen-bond donors (Lipinski definition) is 2. The van der Waals surface area contributed by atoms with Gasteiger partial charge in [0.1, 0.15) is 0 Å². The van der Waals surface area contributed by atoms with Crippen LogP contribution in [0.4, 0.5) is 0 Å². The summed E-state index contributed by atoms with van der Waals surface area (Å²) >= 11 is 0. The number of nitrogens with one attached hydrogen (secondary N) is 2. The lowest BCUT2D eigenvalue weighted by atomic mass is 9.93. The predicted molar refractivity (Wildman–Crippen MR) is 78.2 cm³/mol. The second-order valence-electron chi connectivity index (χ2n) is 6.70. The third kappa shape index (κ3) is 2.14. The van der Waals surface area contributed by atoms with Gasteiger partial charge < -0.3 is 10.6 Å². The Hall–Kier alpha value is -1.35. The van der Waals surface area contributed by atoms with Gasteiger partial charge in [-0.25, -0.2) is 0 Å². The lowest BCUT2D eigenvalue weighted by Crippen LogP contribution is -2.51. The van der Waals surface area contributed by atoms with Gasteiger partial charge in [-0.05, 0) is 48.6 Å². The number of benzene rings is 1. The summed E-state index contributed by atoms with van der Waals surface area (Å²) in [5.41, 5.74) is 2.65. The molecular weight excluding hydrogens is 248 g/mol. The molecule has 0 spiro atoms. The predicted octanol–water partition coefficient (Wildman–Crippen LogP) is 2.01. The maximum absolute atomic E-state index is 12.5. The zero-order valence-corrected chi connectivity index (χ0v) is 11.8. The zero-order chi connectivity index (χ0) is 13.5. The second-order valence-corrected chi connectivity index (χ2v) is 6.70. The van der Waals surface area contributed by atoms with Crippen LogP contribution in [-0.4, -0.2) is 18.0 Å². The summed E-state index contributed by atoms with van der Waals surface area (Å²) in [6.07, 6.45) is 6.07. The maximum atomic E-state index is 12.5. The molecule has 4 rings (SSSR count). The van der Waals surface area contributed by atoms with Crippen LogP contribution in [0.1, 0.15) is 36.8 Å². The van der Waals surface area contributed by atoms with Crippen LogP contribution >= 0.6 is 0 Å². The van der Waals surface area contributed by atoms with E-state index < -0.39 is 0 Å². The van der Waals surface area contributed by atoms with Crippen molar-refractivity contribution >= 4 is 5.91 Å². The highest BCUT2D eigenvalue weighted by atomic mass is 16.2. The molecule has 0 aromatic heterocycles. The van der Waals surface area contributed by atoms with Crippen LogP contribution in [0.15, 0.2) is 24.3 Å². The largest absolute Gasteiger partial charge is 0.352 e. The molecule has 20 heavy (non-hydrogen) atoms. The highest BCUT2D eigenvalue weighted by molar-refractivity contribution is 5.82. The molecule has 2 saturated carbocycles. The Balaban J connectivity index is 1.40. The van der Waals surface area contributed by atoms with Crippen LogP contribution in [0.2, 0.25) is 0 Å². The first-order valence-electron chi connectivity index (χ1n) is 7.90. The summed E-state index contributed by atoms with van der Waals surface area (Å²) in [6, 6.07) is 8.82. The van der Waals surface area contributed by atoms with Crippen LogP contribution in [0, 0.1) is 11.8 Å². The SMILES string of the molecule is O=C(NC1CC2CCC1C2)C1Cc2ccccc2CN1. The summed E-state index contributed by atoms with van der Waals surface area (Å²) in [6.45, 7) is 0.810. The molecule has 4 atom stereocenters. The van der Waals surface area contributed by atoms with E-state index in [9.17, 15) is 4.79 Å². The fourth-order valence-electron chi connectivity index (χ4n) is 4.34. The first-order valence-corrected chi connectivity index (χ1v) is 7.90. The van der Waals surface area contributed by atoms with Gasteiger partial charge in [0.05, 0.1) is 6.04 Å². The van der Waals surface area contributed by atoms with Gasteiger partial charge in [0, 0.05) is 12.6 Å². The molecule has 1 aromatic carbocycles. The molecule has 2 aliphatic carbocycles. The Labute approximate surface area is 120 Å². The molecule has 1 amide bonds. The number of carbonyl (C=O) groups is 1. The van der Waals surface area contributed by atoms with Crippen molar-refractivity contribution in [3.8, 4) is 0 Å². The molecule has 3 heteroatoms. The summed E-state index contributed by atoms with van der Waals surface area (Å²) in [4.78, 5) is 12.5. The monoisotopic (exact) mass is 270 g/mol. The number of rotatable bonds is 2. The number of fused-ring (bicyclic) bond motifs is 3. The molecule has 0 radical (unpaired) electrons. The Morgan fingerprint density at radius 3 is 2.75 bits per heavy atom. The molecule has 106 valence electrons. The Kier molecular flexibility index (Phi) is 3.03. The molecule has 1 aliphatic heterocycles. The fraction of sp³-hybridized carbons (Fsp3) is 0.588. The van der Waals surface area contributed by atoms with Crippen LogP contribution < -0.4 is 10.6 Å². The van der Waals surface area contributed by atoms with Crippen LogP contribution in [-0.2, 0) is 17.8 Å². The fourth-order valence-corrected chi connectivity index (χ4v) is 4.34. The van der Waals surface area contributed by atoms with Crippen LogP contribution in [0.5, 0.6) is 0 Å². The average molecular weight is 270 g/mol. The van der Waals surface area contributed by atoms with E-state index >= 15 is 0 Å². The smallest absolute Gasteiger partial charge is 0.237 e. The Morgan fingerprint density at radius 1 is 1.15 bits per heavy atom. The lowest BCUT2D eigenvalue weighted by molar-refractivity contribution is -0.124. The van der Waals surface area contributed by atoms with Crippen molar-refractivity contribution < 1.29 is 4.79 Å². The van der Waals surface area contributed by atoms with Gasteiger partial charge in [-0.15, -0.1) is 0 Å². The quantitative estimate of drug-likeness (QED) is 0.863. The molecular formula is C17H22N2O. The van der Waals surface area contributed by atoms with E-state index in [0.717, 1.165) is 24.8 Å². The maximum Gasteiger partial charge on any atom is 0.237 e. The molecule has 3 aliphatic rings. The second kappa shape index (κ2) is 4.88. The van der Waals surface area contributed by atoms with Crippen molar-refractivity contribution in [3.05, 3.63) is 35.4 Å². The number of amides is 1. The molecule has 3 nitrogen and oxygen atoms in total. The van der Waals surface area contributed by atoms with E-state index in [2.05, 4.69) is 34.9 Å². The van der Waals surface area contributed by atoms with E-state index in [-0.39, 0.29) is 11.9 Å². The zero-order valence-electron chi connectivity index (χ0n) is 11.8. The van der Waals surface area contributed by atoms with Crippen molar-refractivity contribution in [1.82, 2.24) is 10.6 Å². The average Bonchev–Trinajstić information content (AvgIpc) is 3.09. The molecule has 2 bridgehead atoms. The minimum atomic E-state index is -0.0518. The van der Waals surface area contributed by atoms with Gasteiger partial charge in [-0.3, -0.25) is 4.79 Å². The van der Waals surface area contributed by atoms with Crippen LogP contribution in [0.3, 0.4) is 0 Å². The summed E-state index contributed by atoms with van der Waals surface area (Å²) in [5.74, 6) is 1.84. The van der Waals surface area contributed by atoms with Gasteiger partial charge >= 0.3 is 0 Å². The van der Waals surface area contributed by atoms with Gasteiger partial charge in [-0.1, -0.05) is 30.7 Å². The number of carbonyl (C=O) groups excluding carboxylic acids is 1. The normalized spacial score (nSPS) is 34.8. The molecule has 1 aromatic rings. The van der Waals surface area contributed by atoms with Gasteiger partial charge in [0.15, 0.2) is 0 Å².